The van der Waals surface area contributed by atoms with Crippen LogP contribution in [0.25, 0.3) is 0 Å². The van der Waals surface area contributed by atoms with Crippen LogP contribution in [0.4, 0.5) is 11.4 Å². The number of amides is 2. The SMILES string of the molecule is CCc1ccc(N2C[C@@H](C(=O)O[C@@H](C)C(=O)Nc3ccc4c(c3)OCO4)CC2=O)cc1. The summed E-state index contributed by atoms with van der Waals surface area (Å²) in [6, 6.07) is 12.7. The van der Waals surface area contributed by atoms with Crippen LogP contribution in [-0.2, 0) is 25.5 Å². The summed E-state index contributed by atoms with van der Waals surface area (Å²) in [5.41, 5.74) is 2.44. The molecule has 162 valence electrons. The molecule has 0 aromatic heterocycles. The van der Waals surface area contributed by atoms with E-state index in [2.05, 4.69) is 12.2 Å². The van der Waals surface area contributed by atoms with Gasteiger partial charge in [-0.25, -0.2) is 0 Å². The molecule has 8 heteroatoms. The van der Waals surface area contributed by atoms with E-state index in [9.17, 15) is 14.4 Å². The average Bonchev–Trinajstić information content (AvgIpc) is 3.39. The van der Waals surface area contributed by atoms with Gasteiger partial charge in [-0.3, -0.25) is 14.4 Å². The molecule has 0 saturated carbocycles. The Balaban J connectivity index is 1.33. The quantitative estimate of drug-likeness (QED) is 0.717. The third kappa shape index (κ3) is 4.47. The fourth-order valence-electron chi connectivity index (χ4n) is 3.57. The molecule has 0 bridgehead atoms. The number of ether oxygens (including phenoxy) is 3. The predicted molar refractivity (Wildman–Crippen MR) is 113 cm³/mol. The molecule has 31 heavy (non-hydrogen) atoms. The minimum atomic E-state index is -1.01. The number of hydrogen-bond donors (Lipinski definition) is 1. The first kappa shape index (κ1) is 20.7. The molecule has 0 aliphatic carbocycles. The highest BCUT2D eigenvalue weighted by Crippen LogP contribution is 2.34. The summed E-state index contributed by atoms with van der Waals surface area (Å²) >= 11 is 0. The van der Waals surface area contributed by atoms with Crippen molar-refractivity contribution in [2.45, 2.75) is 32.8 Å². The first-order valence-electron chi connectivity index (χ1n) is 10.2. The van der Waals surface area contributed by atoms with E-state index < -0.39 is 23.9 Å². The van der Waals surface area contributed by atoms with Gasteiger partial charge in [0.1, 0.15) is 0 Å². The van der Waals surface area contributed by atoms with Gasteiger partial charge in [-0.15, -0.1) is 0 Å². The lowest BCUT2D eigenvalue weighted by molar-refractivity contribution is -0.157. The second-order valence-electron chi connectivity index (χ2n) is 7.56. The first-order valence-corrected chi connectivity index (χ1v) is 10.2. The number of benzene rings is 2. The van der Waals surface area contributed by atoms with Crippen molar-refractivity contribution in [1.82, 2.24) is 0 Å². The van der Waals surface area contributed by atoms with Crippen LogP contribution in [0.5, 0.6) is 11.5 Å². The lowest BCUT2D eigenvalue weighted by atomic mass is 10.1. The zero-order valence-corrected chi connectivity index (χ0v) is 17.4. The van der Waals surface area contributed by atoms with E-state index in [1.807, 2.05) is 24.3 Å². The molecule has 2 aliphatic rings. The standard InChI is InChI=1S/C23H24N2O6/c1-3-15-4-7-18(8-5-15)25-12-16(10-21(25)26)23(28)31-14(2)22(27)24-17-6-9-19-20(11-17)30-13-29-19/h4-9,11,14,16H,3,10,12-13H2,1-2H3,(H,24,27)/t14-,16-/m0/s1. The highest BCUT2D eigenvalue weighted by atomic mass is 16.7. The van der Waals surface area contributed by atoms with Crippen molar-refractivity contribution >= 4 is 29.2 Å². The second-order valence-corrected chi connectivity index (χ2v) is 7.56. The van der Waals surface area contributed by atoms with Crippen LogP contribution in [0.2, 0.25) is 0 Å². The monoisotopic (exact) mass is 424 g/mol. The highest BCUT2D eigenvalue weighted by Gasteiger charge is 2.37. The van der Waals surface area contributed by atoms with E-state index in [0.29, 0.717) is 17.2 Å². The van der Waals surface area contributed by atoms with Crippen LogP contribution < -0.4 is 19.7 Å². The third-order valence-corrected chi connectivity index (χ3v) is 5.42. The molecular formula is C23H24N2O6. The Labute approximate surface area is 180 Å². The van der Waals surface area contributed by atoms with Gasteiger partial charge in [0.2, 0.25) is 12.7 Å². The number of anilines is 2. The van der Waals surface area contributed by atoms with Crippen LogP contribution in [0, 0.1) is 5.92 Å². The van der Waals surface area contributed by atoms with E-state index in [-0.39, 0.29) is 25.7 Å². The number of carbonyl (C=O) groups is 3. The van der Waals surface area contributed by atoms with Gasteiger partial charge in [0.15, 0.2) is 17.6 Å². The predicted octanol–water partition coefficient (Wildman–Crippen LogP) is 2.90. The molecule has 2 aromatic carbocycles. The normalized spacial score (nSPS) is 18.1. The molecule has 0 unspecified atom stereocenters. The maximum atomic E-state index is 12.6. The number of aryl methyl sites for hydroxylation is 1. The van der Waals surface area contributed by atoms with Crippen molar-refractivity contribution in [3.05, 3.63) is 48.0 Å². The van der Waals surface area contributed by atoms with Crippen molar-refractivity contribution in [2.24, 2.45) is 5.92 Å². The average molecular weight is 424 g/mol. The highest BCUT2D eigenvalue weighted by molar-refractivity contribution is 6.00. The molecular weight excluding hydrogens is 400 g/mol. The smallest absolute Gasteiger partial charge is 0.312 e. The number of fused-ring (bicyclic) bond motifs is 1. The van der Waals surface area contributed by atoms with Crippen molar-refractivity contribution < 1.29 is 28.6 Å². The van der Waals surface area contributed by atoms with Crippen LogP contribution in [0.1, 0.15) is 25.8 Å². The number of nitrogens with zero attached hydrogens (tertiary/aromatic N) is 1. The topological polar surface area (TPSA) is 94.2 Å². The van der Waals surface area contributed by atoms with Gasteiger partial charge in [-0.05, 0) is 43.2 Å². The number of nitrogens with one attached hydrogen (secondary N) is 1. The third-order valence-electron chi connectivity index (χ3n) is 5.42. The molecule has 0 spiro atoms. The molecule has 1 saturated heterocycles. The second kappa shape index (κ2) is 8.67. The largest absolute Gasteiger partial charge is 0.454 e. The van der Waals surface area contributed by atoms with Gasteiger partial charge < -0.3 is 24.4 Å². The van der Waals surface area contributed by atoms with Gasteiger partial charge in [0.05, 0.1) is 5.92 Å². The van der Waals surface area contributed by atoms with E-state index in [1.54, 1.807) is 23.1 Å². The fourth-order valence-corrected chi connectivity index (χ4v) is 3.57. The molecule has 2 atom stereocenters. The van der Waals surface area contributed by atoms with Crippen molar-refractivity contribution in [3.8, 4) is 11.5 Å². The first-order chi connectivity index (χ1) is 14.9. The number of hydrogen-bond acceptors (Lipinski definition) is 6. The van der Waals surface area contributed by atoms with E-state index in [4.69, 9.17) is 14.2 Å². The lowest BCUT2D eigenvalue weighted by Gasteiger charge is -2.18. The summed E-state index contributed by atoms with van der Waals surface area (Å²) in [4.78, 5) is 39.0. The van der Waals surface area contributed by atoms with E-state index in [0.717, 1.165) is 12.1 Å². The maximum Gasteiger partial charge on any atom is 0.312 e. The number of esters is 1. The van der Waals surface area contributed by atoms with Crippen LogP contribution in [-0.4, -0.2) is 37.2 Å². The maximum absolute atomic E-state index is 12.6. The Kier molecular flexibility index (Phi) is 5.79. The Bertz CT molecular complexity index is 1000. The molecule has 2 aliphatic heterocycles. The molecule has 8 nitrogen and oxygen atoms in total. The summed E-state index contributed by atoms with van der Waals surface area (Å²) in [5.74, 6) is -0.628. The molecule has 4 rings (SSSR count). The molecule has 2 heterocycles. The summed E-state index contributed by atoms with van der Waals surface area (Å²) in [7, 11) is 0. The Hall–Kier alpha value is -3.55. The Morgan fingerprint density at radius 1 is 1.16 bits per heavy atom. The van der Waals surface area contributed by atoms with Gasteiger partial charge in [0.25, 0.3) is 5.91 Å². The van der Waals surface area contributed by atoms with Crippen LogP contribution in [0.3, 0.4) is 0 Å². The van der Waals surface area contributed by atoms with Gasteiger partial charge in [0, 0.05) is 30.4 Å². The fraction of sp³-hybridized carbons (Fsp3) is 0.348. The van der Waals surface area contributed by atoms with Crippen molar-refractivity contribution in [2.75, 3.05) is 23.6 Å². The lowest BCUT2D eigenvalue weighted by Crippen LogP contribution is -2.33. The Morgan fingerprint density at radius 3 is 2.65 bits per heavy atom. The number of carbonyl (C=O) groups excluding carboxylic acids is 3. The van der Waals surface area contributed by atoms with Crippen LogP contribution in [0.15, 0.2) is 42.5 Å². The minimum absolute atomic E-state index is 0.0604. The van der Waals surface area contributed by atoms with Gasteiger partial charge >= 0.3 is 5.97 Å². The number of rotatable bonds is 6. The zero-order valence-electron chi connectivity index (χ0n) is 17.4. The van der Waals surface area contributed by atoms with E-state index >= 15 is 0 Å². The molecule has 2 aromatic rings. The Morgan fingerprint density at radius 2 is 1.90 bits per heavy atom. The summed E-state index contributed by atoms with van der Waals surface area (Å²) in [6.45, 7) is 3.93. The molecule has 1 N–H and O–H groups in total. The zero-order chi connectivity index (χ0) is 22.0. The van der Waals surface area contributed by atoms with Gasteiger partial charge in [-0.2, -0.15) is 0 Å². The molecule has 1 fully saturated rings. The summed E-state index contributed by atoms with van der Waals surface area (Å²) < 4.78 is 15.9. The van der Waals surface area contributed by atoms with Crippen LogP contribution >= 0.6 is 0 Å². The van der Waals surface area contributed by atoms with E-state index in [1.165, 1.54) is 12.5 Å². The van der Waals surface area contributed by atoms with Crippen molar-refractivity contribution in [1.29, 1.82) is 0 Å². The minimum Gasteiger partial charge on any atom is -0.454 e. The molecule has 0 radical (unpaired) electrons. The molecule has 2 amide bonds. The van der Waals surface area contributed by atoms with Gasteiger partial charge in [-0.1, -0.05) is 19.1 Å². The summed E-state index contributed by atoms with van der Waals surface area (Å²) in [6.07, 6.45) is -0.0359. The van der Waals surface area contributed by atoms with Crippen molar-refractivity contribution in [3.63, 3.8) is 0 Å². The summed E-state index contributed by atoms with van der Waals surface area (Å²) in [5, 5.41) is 2.69.